The molecule has 32 heavy (non-hydrogen) atoms. The number of ether oxygens (including phenoxy) is 2. The fourth-order valence-electron chi connectivity index (χ4n) is 3.99. The molecule has 0 unspecified atom stereocenters. The number of benzene rings is 2. The van der Waals surface area contributed by atoms with E-state index in [1.54, 1.807) is 6.07 Å². The van der Waals surface area contributed by atoms with E-state index in [9.17, 15) is 19.2 Å². The van der Waals surface area contributed by atoms with Gasteiger partial charge in [-0.3, -0.25) is 9.59 Å². The number of fused-ring (bicyclic) bond motifs is 4. The molecule has 0 heterocycles. The number of ketones is 2. The number of carbonyl (C=O) groups is 4. The van der Waals surface area contributed by atoms with E-state index >= 15 is 0 Å². The summed E-state index contributed by atoms with van der Waals surface area (Å²) in [4.78, 5) is 50.7. The zero-order valence-electron chi connectivity index (χ0n) is 19.2. The smallest absolute Gasteiger partial charge is 0.338 e. The molecule has 2 aromatic rings. The highest BCUT2D eigenvalue weighted by Crippen LogP contribution is 2.27. The number of Topliss-reactive ketones (excluding diaryl/α,β-unsaturated/α-hetero) is 2. The zero-order valence-corrected chi connectivity index (χ0v) is 19.2. The monoisotopic (exact) mass is 436 g/mol. The minimum absolute atomic E-state index is 0.0118. The quantitative estimate of drug-likeness (QED) is 0.669. The van der Waals surface area contributed by atoms with Gasteiger partial charge in [0.15, 0.2) is 0 Å². The lowest BCUT2D eigenvalue weighted by Crippen LogP contribution is -2.19. The molecule has 168 valence electrons. The van der Waals surface area contributed by atoms with Gasteiger partial charge in [-0.05, 0) is 39.3 Å². The third-order valence-electron chi connectivity index (χ3n) is 5.64. The summed E-state index contributed by atoms with van der Waals surface area (Å²) >= 11 is 0. The van der Waals surface area contributed by atoms with Crippen LogP contribution in [0.5, 0.6) is 0 Å². The van der Waals surface area contributed by atoms with E-state index in [1.165, 1.54) is 20.3 Å². The lowest BCUT2D eigenvalue weighted by atomic mass is 9.83. The van der Waals surface area contributed by atoms with Gasteiger partial charge in [0.2, 0.25) is 0 Å². The van der Waals surface area contributed by atoms with Gasteiger partial charge in [-0.15, -0.1) is 0 Å². The molecule has 0 atom stereocenters. The van der Waals surface area contributed by atoms with Crippen molar-refractivity contribution in [3.63, 3.8) is 0 Å². The summed E-state index contributed by atoms with van der Waals surface area (Å²) < 4.78 is 9.72. The molecular weight excluding hydrogens is 408 g/mol. The number of hydrogen-bond acceptors (Lipinski definition) is 6. The molecule has 0 aliphatic heterocycles. The van der Waals surface area contributed by atoms with Gasteiger partial charge >= 0.3 is 11.9 Å². The molecule has 0 aromatic heterocycles. The maximum Gasteiger partial charge on any atom is 0.338 e. The second-order valence-electron chi connectivity index (χ2n) is 9.22. The normalized spacial score (nSPS) is 14.3. The second kappa shape index (κ2) is 9.07. The molecule has 0 radical (unpaired) electrons. The van der Waals surface area contributed by atoms with E-state index in [1.807, 2.05) is 18.2 Å². The molecule has 4 bridgehead atoms. The van der Waals surface area contributed by atoms with Crippen molar-refractivity contribution >= 4 is 23.5 Å². The Morgan fingerprint density at radius 3 is 1.50 bits per heavy atom. The zero-order chi connectivity index (χ0) is 23.6. The lowest BCUT2D eigenvalue weighted by molar-refractivity contribution is -0.118. The molecule has 1 aliphatic rings. The molecule has 1 aliphatic carbocycles. The number of methoxy groups -OCH3 is 2. The molecule has 0 fully saturated rings. The topological polar surface area (TPSA) is 86.7 Å². The number of carbonyl (C=O) groups excluding carboxylic acids is 4. The van der Waals surface area contributed by atoms with Gasteiger partial charge in [-0.1, -0.05) is 45.0 Å². The highest BCUT2D eigenvalue weighted by atomic mass is 16.5. The van der Waals surface area contributed by atoms with Crippen LogP contribution in [-0.4, -0.2) is 37.7 Å². The Balaban J connectivity index is 2.16. The van der Waals surface area contributed by atoms with Crippen LogP contribution < -0.4 is 0 Å². The summed E-state index contributed by atoms with van der Waals surface area (Å²) in [6.45, 7) is 6.25. The fourth-order valence-corrected chi connectivity index (χ4v) is 3.99. The lowest BCUT2D eigenvalue weighted by Gasteiger charge is -2.22. The van der Waals surface area contributed by atoms with Crippen molar-refractivity contribution in [1.82, 2.24) is 0 Å². The van der Waals surface area contributed by atoms with E-state index in [4.69, 9.17) is 9.47 Å². The van der Waals surface area contributed by atoms with Crippen molar-refractivity contribution in [2.45, 2.75) is 51.9 Å². The third-order valence-corrected chi connectivity index (χ3v) is 5.64. The Hall–Kier alpha value is -3.28. The maximum atomic E-state index is 13.0. The maximum absolute atomic E-state index is 13.0. The van der Waals surface area contributed by atoms with Crippen LogP contribution in [0.4, 0.5) is 0 Å². The van der Waals surface area contributed by atoms with Crippen LogP contribution >= 0.6 is 0 Å². The van der Waals surface area contributed by atoms with Gasteiger partial charge in [0.05, 0.1) is 25.3 Å². The molecule has 0 N–H and O–H groups in total. The average molecular weight is 437 g/mol. The Kier molecular flexibility index (Phi) is 6.63. The van der Waals surface area contributed by atoms with Gasteiger partial charge in [0.25, 0.3) is 0 Å². The first-order chi connectivity index (χ1) is 15.0. The molecule has 2 aromatic carbocycles. The second-order valence-corrected chi connectivity index (χ2v) is 9.22. The predicted molar refractivity (Wildman–Crippen MR) is 119 cm³/mol. The van der Waals surface area contributed by atoms with Crippen molar-refractivity contribution in [3.05, 3.63) is 69.3 Å². The Bertz CT molecular complexity index is 1030. The van der Waals surface area contributed by atoms with E-state index in [0.717, 1.165) is 16.7 Å². The summed E-state index contributed by atoms with van der Waals surface area (Å²) in [5.41, 5.74) is 3.71. The van der Waals surface area contributed by atoms with Crippen molar-refractivity contribution in [3.8, 4) is 0 Å². The Morgan fingerprint density at radius 2 is 1.12 bits per heavy atom. The summed E-state index contributed by atoms with van der Waals surface area (Å²) in [7, 11) is 2.47. The highest BCUT2D eigenvalue weighted by molar-refractivity contribution is 6.00. The van der Waals surface area contributed by atoms with Crippen LogP contribution in [0, 0.1) is 0 Å². The predicted octanol–water partition coefficient (Wildman–Crippen LogP) is 3.58. The van der Waals surface area contributed by atoms with Gasteiger partial charge in [-0.25, -0.2) is 9.59 Å². The minimum Gasteiger partial charge on any atom is -0.465 e. The number of esters is 2. The van der Waals surface area contributed by atoms with Gasteiger partial charge in [0.1, 0.15) is 11.6 Å². The Morgan fingerprint density at radius 1 is 0.688 bits per heavy atom. The fraction of sp³-hybridized carbons (Fsp3) is 0.385. The van der Waals surface area contributed by atoms with Crippen molar-refractivity contribution in [2.24, 2.45) is 0 Å². The Labute approximate surface area is 187 Å². The highest BCUT2D eigenvalue weighted by Gasteiger charge is 2.24. The molecule has 6 nitrogen and oxygen atoms in total. The minimum atomic E-state index is -0.653. The molecule has 6 heteroatoms. The van der Waals surface area contributed by atoms with Crippen LogP contribution in [0.3, 0.4) is 0 Å². The third kappa shape index (κ3) is 5.13. The van der Waals surface area contributed by atoms with Gasteiger partial charge in [0, 0.05) is 25.7 Å². The average Bonchev–Trinajstić information content (AvgIpc) is 2.71. The van der Waals surface area contributed by atoms with Crippen LogP contribution in [0.2, 0.25) is 0 Å². The van der Waals surface area contributed by atoms with Gasteiger partial charge in [-0.2, -0.15) is 0 Å². The molecular formula is C26H28O6. The molecule has 0 saturated carbocycles. The van der Waals surface area contributed by atoms with Crippen LogP contribution in [0.1, 0.15) is 69.3 Å². The largest absolute Gasteiger partial charge is 0.465 e. The first-order valence-electron chi connectivity index (χ1n) is 10.5. The first kappa shape index (κ1) is 23.4. The molecule has 0 amide bonds. The van der Waals surface area contributed by atoms with Crippen LogP contribution in [-0.2, 0) is 50.2 Å². The summed E-state index contributed by atoms with van der Waals surface area (Å²) in [6.07, 6.45) is 0.337. The summed E-state index contributed by atoms with van der Waals surface area (Å²) in [5.74, 6) is -1.45. The molecule has 0 saturated heterocycles. The standard InChI is InChI=1S/C26H28O6/c1-26(2,3)19-7-15-6-16(8-19)10-21(28)13-18-11-17(12-20(27)9-15)22(24(29)31-4)14-23(18)25(30)32-5/h6-8,11,14H,9-10,12-13H2,1-5H3. The summed E-state index contributed by atoms with van der Waals surface area (Å²) in [5, 5.41) is 0. The van der Waals surface area contributed by atoms with Crippen molar-refractivity contribution in [1.29, 1.82) is 0 Å². The van der Waals surface area contributed by atoms with Crippen molar-refractivity contribution in [2.75, 3.05) is 14.2 Å². The SMILES string of the molecule is COC(=O)c1cc(C(=O)OC)c2cc1CC(=O)Cc1cc(cc(C(C)(C)C)c1)CC(=O)C2. The van der Waals surface area contributed by atoms with E-state index < -0.39 is 11.9 Å². The van der Waals surface area contributed by atoms with E-state index in [2.05, 4.69) is 20.8 Å². The number of rotatable bonds is 2. The van der Waals surface area contributed by atoms with Gasteiger partial charge < -0.3 is 9.47 Å². The van der Waals surface area contributed by atoms with Crippen LogP contribution in [0.25, 0.3) is 0 Å². The van der Waals surface area contributed by atoms with Crippen LogP contribution in [0.15, 0.2) is 30.3 Å². The molecule has 0 spiro atoms. The molecule has 3 rings (SSSR count). The number of hydrogen-bond donors (Lipinski definition) is 0. The van der Waals surface area contributed by atoms with E-state index in [-0.39, 0.29) is 53.8 Å². The first-order valence-corrected chi connectivity index (χ1v) is 10.5. The van der Waals surface area contributed by atoms with E-state index in [0.29, 0.717) is 11.1 Å². The summed E-state index contributed by atoms with van der Waals surface area (Å²) in [6, 6.07) is 8.86. The van der Waals surface area contributed by atoms with Crippen molar-refractivity contribution < 1.29 is 28.7 Å².